The summed E-state index contributed by atoms with van der Waals surface area (Å²) in [5, 5.41) is 3.06. The van der Waals surface area contributed by atoms with E-state index in [1.165, 1.54) is 48.3 Å². The van der Waals surface area contributed by atoms with Crippen LogP contribution in [0.15, 0.2) is 48.5 Å². The van der Waals surface area contributed by atoms with Crippen molar-refractivity contribution in [3.63, 3.8) is 0 Å². The first-order valence-corrected chi connectivity index (χ1v) is 12.9. The summed E-state index contributed by atoms with van der Waals surface area (Å²) >= 11 is 0. The van der Waals surface area contributed by atoms with Gasteiger partial charge in [0.2, 0.25) is 5.91 Å². The lowest BCUT2D eigenvalue weighted by molar-refractivity contribution is -0.117. The van der Waals surface area contributed by atoms with Crippen molar-refractivity contribution in [3.05, 3.63) is 76.9 Å². The first-order valence-electron chi connectivity index (χ1n) is 12.9. The smallest absolute Gasteiger partial charge is 0.244 e. The highest BCUT2D eigenvalue weighted by atomic mass is 19.1. The molecule has 2 aromatic rings. The minimum Gasteiger partial charge on any atom is -0.350 e. The minimum atomic E-state index is -0.647. The highest BCUT2D eigenvalue weighted by Gasteiger charge is 2.29. The van der Waals surface area contributed by atoms with E-state index in [2.05, 4.69) is 55.3 Å². The number of halogens is 2. The highest BCUT2D eigenvalue weighted by Crippen LogP contribution is 2.32. The summed E-state index contributed by atoms with van der Waals surface area (Å²) in [7, 11) is 0. The molecule has 1 saturated carbocycles. The van der Waals surface area contributed by atoms with Gasteiger partial charge in [0.15, 0.2) is 0 Å². The lowest BCUT2D eigenvalue weighted by atomic mass is 9.84. The second-order valence-electron chi connectivity index (χ2n) is 11.4. The third-order valence-corrected chi connectivity index (χ3v) is 7.55. The molecule has 1 amide bonds. The van der Waals surface area contributed by atoms with E-state index < -0.39 is 11.6 Å². The van der Waals surface area contributed by atoms with E-state index in [-0.39, 0.29) is 17.4 Å². The second kappa shape index (κ2) is 11.0. The Morgan fingerprint density at radius 1 is 1.00 bits per heavy atom. The summed E-state index contributed by atoms with van der Waals surface area (Å²) in [6.07, 6.45) is 8.31. The van der Waals surface area contributed by atoms with E-state index in [1.54, 1.807) is 0 Å². The third kappa shape index (κ3) is 7.23. The normalized spacial score (nSPS) is 22.1. The van der Waals surface area contributed by atoms with Gasteiger partial charge < -0.3 is 10.2 Å². The van der Waals surface area contributed by atoms with Gasteiger partial charge in [-0.3, -0.25) is 4.79 Å². The predicted molar refractivity (Wildman–Crippen MR) is 138 cm³/mol. The topological polar surface area (TPSA) is 32.3 Å². The molecule has 1 aliphatic carbocycles. The van der Waals surface area contributed by atoms with Crippen LogP contribution >= 0.6 is 0 Å². The van der Waals surface area contributed by atoms with Gasteiger partial charge in [0, 0.05) is 24.7 Å². The van der Waals surface area contributed by atoms with Crippen LogP contribution in [-0.2, 0) is 10.2 Å². The van der Waals surface area contributed by atoms with E-state index in [4.69, 9.17) is 0 Å². The molecule has 188 valence electrons. The Morgan fingerprint density at radius 3 is 2.29 bits per heavy atom. The summed E-state index contributed by atoms with van der Waals surface area (Å²) < 4.78 is 26.6. The fourth-order valence-electron chi connectivity index (χ4n) is 5.53. The van der Waals surface area contributed by atoms with Crippen LogP contribution in [0.3, 0.4) is 0 Å². The zero-order chi connectivity index (χ0) is 25.0. The van der Waals surface area contributed by atoms with E-state index in [0.29, 0.717) is 17.4 Å². The molecule has 0 unspecified atom stereocenters. The largest absolute Gasteiger partial charge is 0.350 e. The molecule has 1 saturated heterocycles. The number of hydrogen-bond donors (Lipinski definition) is 1. The van der Waals surface area contributed by atoms with Crippen molar-refractivity contribution in [2.24, 2.45) is 5.92 Å². The Hall–Kier alpha value is -2.53. The van der Waals surface area contributed by atoms with Gasteiger partial charge in [-0.1, -0.05) is 45.0 Å². The van der Waals surface area contributed by atoms with Crippen LogP contribution in [-0.4, -0.2) is 36.5 Å². The molecule has 3 nitrogen and oxygen atoms in total. The average molecular weight is 481 g/mol. The van der Waals surface area contributed by atoms with Crippen molar-refractivity contribution in [3.8, 4) is 0 Å². The lowest BCUT2D eigenvalue weighted by Crippen LogP contribution is -2.37. The van der Waals surface area contributed by atoms with Crippen LogP contribution in [0.25, 0.3) is 6.08 Å². The molecule has 0 radical (unpaired) electrons. The van der Waals surface area contributed by atoms with Gasteiger partial charge >= 0.3 is 0 Å². The van der Waals surface area contributed by atoms with Crippen molar-refractivity contribution < 1.29 is 13.6 Å². The summed E-state index contributed by atoms with van der Waals surface area (Å²) in [6, 6.07) is 12.6. The fraction of sp³-hybridized carbons (Fsp3) is 0.500. The van der Waals surface area contributed by atoms with Crippen LogP contribution < -0.4 is 5.32 Å². The monoisotopic (exact) mass is 480 g/mol. The molecule has 2 aliphatic rings. The third-order valence-electron chi connectivity index (χ3n) is 7.55. The van der Waals surface area contributed by atoms with Crippen LogP contribution in [0.5, 0.6) is 0 Å². The molecule has 1 heterocycles. The number of carbonyl (C=O) groups excluding carboxylic acids is 1. The SMILES string of the molecule is CC(C)(C)c1ccc(C2CCN(C[C@@H]3CC[C@H](NC(=O)/C=C/c4cc(F)cc(F)c4)C3)CC2)cc1. The van der Waals surface area contributed by atoms with Gasteiger partial charge in [0.05, 0.1) is 0 Å². The van der Waals surface area contributed by atoms with Crippen LogP contribution in [0.1, 0.15) is 75.5 Å². The van der Waals surface area contributed by atoms with Crippen molar-refractivity contribution in [2.75, 3.05) is 19.6 Å². The maximum Gasteiger partial charge on any atom is 0.244 e. The predicted octanol–water partition coefficient (Wildman–Crippen LogP) is 6.44. The summed E-state index contributed by atoms with van der Waals surface area (Å²) in [5.41, 5.74) is 3.39. The van der Waals surface area contributed by atoms with E-state index in [9.17, 15) is 13.6 Å². The molecule has 0 spiro atoms. The van der Waals surface area contributed by atoms with Crippen LogP contribution in [0, 0.1) is 17.6 Å². The first-order chi connectivity index (χ1) is 16.7. The first kappa shape index (κ1) is 25.6. The molecule has 0 bridgehead atoms. The number of rotatable bonds is 6. The number of likely N-dealkylation sites (tertiary alicyclic amines) is 1. The Labute approximate surface area is 208 Å². The van der Waals surface area contributed by atoms with E-state index in [0.717, 1.165) is 45.0 Å². The van der Waals surface area contributed by atoms with Gasteiger partial charge in [0.1, 0.15) is 11.6 Å². The number of hydrogen-bond acceptors (Lipinski definition) is 2. The van der Waals surface area contributed by atoms with Gasteiger partial charge in [-0.05, 0) is 97.3 Å². The second-order valence-corrected chi connectivity index (χ2v) is 11.4. The van der Waals surface area contributed by atoms with Gasteiger partial charge in [-0.25, -0.2) is 8.78 Å². The van der Waals surface area contributed by atoms with Gasteiger partial charge in [-0.15, -0.1) is 0 Å². The molecule has 1 N–H and O–H groups in total. The molecule has 0 aromatic heterocycles. The molecule has 2 atom stereocenters. The minimum absolute atomic E-state index is 0.167. The zero-order valence-corrected chi connectivity index (χ0v) is 21.2. The number of nitrogens with zero attached hydrogens (tertiary/aromatic N) is 1. The molecule has 1 aliphatic heterocycles. The molecule has 35 heavy (non-hydrogen) atoms. The molecule has 2 aromatic carbocycles. The maximum atomic E-state index is 13.3. The summed E-state index contributed by atoms with van der Waals surface area (Å²) in [6.45, 7) is 10.1. The molecular weight excluding hydrogens is 442 g/mol. The maximum absolute atomic E-state index is 13.3. The highest BCUT2D eigenvalue weighted by molar-refractivity contribution is 5.91. The Bertz CT molecular complexity index is 1010. The van der Waals surface area contributed by atoms with Gasteiger partial charge in [-0.2, -0.15) is 0 Å². The van der Waals surface area contributed by atoms with Gasteiger partial charge in [0.25, 0.3) is 0 Å². The van der Waals surface area contributed by atoms with E-state index in [1.807, 2.05) is 0 Å². The fourth-order valence-corrected chi connectivity index (χ4v) is 5.53. The van der Waals surface area contributed by atoms with Crippen LogP contribution in [0.2, 0.25) is 0 Å². The number of benzene rings is 2. The summed E-state index contributed by atoms with van der Waals surface area (Å²) in [5.74, 6) is -0.255. The standard InChI is InChI=1S/C30H38F2N2O/c1-30(2,3)25-8-6-23(7-9-25)24-12-14-34(15-13-24)20-22-4-10-28(18-22)33-29(35)11-5-21-16-26(31)19-27(32)17-21/h5-9,11,16-17,19,22,24,28H,4,10,12-15,18,20H2,1-3H3,(H,33,35)/b11-5+/t22-,28+/m1/s1. The Morgan fingerprint density at radius 2 is 1.66 bits per heavy atom. The van der Waals surface area contributed by atoms with Crippen molar-refractivity contribution in [1.82, 2.24) is 10.2 Å². The quantitative estimate of drug-likeness (QED) is 0.483. The van der Waals surface area contributed by atoms with Crippen molar-refractivity contribution in [2.45, 2.75) is 70.3 Å². The molecule has 4 rings (SSSR count). The number of piperidine rings is 1. The van der Waals surface area contributed by atoms with Crippen LogP contribution in [0.4, 0.5) is 8.78 Å². The average Bonchev–Trinajstić information content (AvgIpc) is 3.23. The Kier molecular flexibility index (Phi) is 8.05. The Balaban J connectivity index is 1.19. The zero-order valence-electron chi connectivity index (χ0n) is 21.2. The number of carbonyl (C=O) groups is 1. The summed E-state index contributed by atoms with van der Waals surface area (Å²) in [4.78, 5) is 14.9. The molecule has 5 heteroatoms. The number of amides is 1. The van der Waals surface area contributed by atoms with Crippen molar-refractivity contribution >= 4 is 12.0 Å². The van der Waals surface area contributed by atoms with E-state index >= 15 is 0 Å². The molecular formula is C30H38F2N2O. The number of nitrogens with one attached hydrogen (secondary N) is 1. The van der Waals surface area contributed by atoms with Crippen molar-refractivity contribution in [1.29, 1.82) is 0 Å². The molecule has 2 fully saturated rings. The lowest BCUT2D eigenvalue weighted by Gasteiger charge is -2.34.